The average Bonchev–Trinajstić information content (AvgIpc) is 2.27. The topological polar surface area (TPSA) is 51.2 Å². The number of hydrogen-bond donors (Lipinski definition) is 0. The lowest BCUT2D eigenvalue weighted by Gasteiger charge is -2.06. The van der Waals surface area contributed by atoms with Crippen LogP contribution in [0, 0.1) is 0 Å². The number of ketones is 3. The second-order valence-corrected chi connectivity index (χ2v) is 3.25. The van der Waals surface area contributed by atoms with Crippen molar-refractivity contribution in [2.24, 2.45) is 0 Å². The quantitative estimate of drug-likeness (QED) is 0.389. The highest BCUT2D eigenvalue weighted by Crippen LogP contribution is 2.13. The van der Waals surface area contributed by atoms with E-state index < -0.39 is 17.3 Å². The Balaban J connectivity index is 5.76. The van der Waals surface area contributed by atoms with Crippen LogP contribution in [0.2, 0.25) is 0 Å². The van der Waals surface area contributed by atoms with Crippen molar-refractivity contribution in [3.8, 4) is 0 Å². The maximum absolute atomic E-state index is 11.7. The number of hydrogen-bond acceptors (Lipinski definition) is 3. The van der Waals surface area contributed by atoms with E-state index >= 15 is 0 Å². The molecule has 0 aromatic carbocycles. The first-order chi connectivity index (χ1) is 7.36. The van der Waals surface area contributed by atoms with Crippen molar-refractivity contribution >= 4 is 17.3 Å². The Morgan fingerprint density at radius 3 is 1.69 bits per heavy atom. The summed E-state index contributed by atoms with van der Waals surface area (Å²) in [6, 6.07) is 0. The largest absolute Gasteiger partial charge is 0.290 e. The zero-order chi connectivity index (χ0) is 12.9. The average molecular weight is 218 g/mol. The summed E-state index contributed by atoms with van der Waals surface area (Å²) in [6.07, 6.45) is 2.05. The second kappa shape index (κ2) is 5.75. The van der Waals surface area contributed by atoms with Crippen molar-refractivity contribution in [3.63, 3.8) is 0 Å². The van der Waals surface area contributed by atoms with Crippen molar-refractivity contribution in [1.29, 1.82) is 0 Å². The second-order valence-electron chi connectivity index (χ2n) is 3.25. The minimum atomic E-state index is -0.583. The summed E-state index contributed by atoms with van der Waals surface area (Å²) >= 11 is 0. The van der Waals surface area contributed by atoms with Crippen LogP contribution in [0.5, 0.6) is 0 Å². The summed E-state index contributed by atoms with van der Waals surface area (Å²) in [5.41, 5.74) is 0.0710. The van der Waals surface area contributed by atoms with E-state index in [1.54, 1.807) is 0 Å². The molecular weight excluding hydrogens is 204 g/mol. The van der Waals surface area contributed by atoms with E-state index in [1.165, 1.54) is 13.8 Å². The highest BCUT2D eigenvalue weighted by Gasteiger charge is 2.21. The normalized spacial score (nSPS) is 11.1. The maximum atomic E-state index is 11.7. The van der Waals surface area contributed by atoms with E-state index in [0.29, 0.717) is 0 Å². The van der Waals surface area contributed by atoms with Crippen LogP contribution in [0.3, 0.4) is 0 Å². The van der Waals surface area contributed by atoms with Crippen LogP contribution in [-0.2, 0) is 14.4 Å². The Bertz CT molecular complexity index is 422. The highest BCUT2D eigenvalue weighted by molar-refractivity contribution is 6.32. The molecule has 3 heteroatoms. The molecule has 0 rings (SSSR count). The van der Waals surface area contributed by atoms with E-state index in [-0.39, 0.29) is 16.7 Å². The Hall–Kier alpha value is -2.03. The summed E-state index contributed by atoms with van der Waals surface area (Å²) in [4.78, 5) is 34.5. The van der Waals surface area contributed by atoms with Gasteiger partial charge in [0.25, 0.3) is 0 Å². The number of rotatable bonds is 6. The molecule has 16 heavy (non-hydrogen) atoms. The molecule has 0 saturated heterocycles. The third-order valence-corrected chi connectivity index (χ3v) is 1.98. The molecule has 0 saturated carbocycles. The van der Waals surface area contributed by atoms with E-state index in [9.17, 15) is 14.4 Å². The van der Waals surface area contributed by atoms with Crippen LogP contribution in [0.4, 0.5) is 0 Å². The molecule has 0 spiro atoms. The summed E-state index contributed by atoms with van der Waals surface area (Å²) in [6.45, 7) is 12.9. The van der Waals surface area contributed by atoms with Crippen LogP contribution in [0.25, 0.3) is 0 Å². The van der Waals surface area contributed by atoms with Crippen LogP contribution in [0.15, 0.2) is 48.6 Å². The molecule has 0 fully saturated rings. The van der Waals surface area contributed by atoms with Crippen molar-refractivity contribution in [1.82, 2.24) is 0 Å². The summed E-state index contributed by atoms with van der Waals surface area (Å²) in [5, 5.41) is 0. The third-order valence-electron chi connectivity index (χ3n) is 1.98. The molecule has 0 aromatic heterocycles. The molecule has 0 amide bonds. The predicted octanol–water partition coefficient (Wildman–Crippen LogP) is 1.96. The Morgan fingerprint density at radius 1 is 0.938 bits per heavy atom. The molecule has 0 aliphatic heterocycles. The first-order valence-corrected chi connectivity index (χ1v) is 4.61. The first kappa shape index (κ1) is 14.0. The standard InChI is InChI=1S/C13H14O3/c1-6-10(14)9(5)12(11(15)7-2)13(16)8(3)4/h6-7H,1-3H2,4-5H3. The van der Waals surface area contributed by atoms with E-state index in [4.69, 9.17) is 0 Å². The van der Waals surface area contributed by atoms with Crippen LogP contribution in [0.1, 0.15) is 13.8 Å². The lowest BCUT2D eigenvalue weighted by molar-refractivity contribution is -0.118. The molecular formula is C13H14O3. The minimum Gasteiger partial charge on any atom is -0.290 e. The van der Waals surface area contributed by atoms with E-state index in [1.807, 2.05) is 0 Å². The molecule has 0 heterocycles. The van der Waals surface area contributed by atoms with Gasteiger partial charge in [0.05, 0.1) is 5.57 Å². The van der Waals surface area contributed by atoms with Gasteiger partial charge in [-0.15, -0.1) is 0 Å². The molecule has 0 N–H and O–H groups in total. The fourth-order valence-corrected chi connectivity index (χ4v) is 1.06. The number of carbonyl (C=O) groups excluding carboxylic acids is 3. The third kappa shape index (κ3) is 2.98. The maximum Gasteiger partial charge on any atom is 0.192 e. The van der Waals surface area contributed by atoms with Gasteiger partial charge in [0.2, 0.25) is 0 Å². The molecule has 0 unspecified atom stereocenters. The van der Waals surface area contributed by atoms with Gasteiger partial charge < -0.3 is 0 Å². The summed E-state index contributed by atoms with van der Waals surface area (Å²) in [7, 11) is 0. The summed E-state index contributed by atoms with van der Waals surface area (Å²) < 4.78 is 0. The fourth-order valence-electron chi connectivity index (χ4n) is 1.06. The molecule has 3 nitrogen and oxygen atoms in total. The lowest BCUT2D eigenvalue weighted by Crippen LogP contribution is -2.16. The van der Waals surface area contributed by atoms with Gasteiger partial charge in [-0.3, -0.25) is 14.4 Å². The zero-order valence-electron chi connectivity index (χ0n) is 9.50. The van der Waals surface area contributed by atoms with Crippen molar-refractivity contribution in [2.45, 2.75) is 13.8 Å². The lowest BCUT2D eigenvalue weighted by atomic mass is 9.95. The number of carbonyl (C=O) groups is 3. The molecule has 0 aromatic rings. The number of allylic oxidation sites excluding steroid dienone is 5. The molecule has 84 valence electrons. The van der Waals surface area contributed by atoms with Crippen LogP contribution < -0.4 is 0 Å². The predicted molar refractivity (Wildman–Crippen MR) is 62.9 cm³/mol. The molecule has 0 atom stereocenters. The van der Waals surface area contributed by atoms with Gasteiger partial charge in [-0.05, 0) is 31.6 Å². The Morgan fingerprint density at radius 2 is 1.38 bits per heavy atom. The van der Waals surface area contributed by atoms with E-state index in [0.717, 1.165) is 12.2 Å². The van der Waals surface area contributed by atoms with Gasteiger partial charge in [-0.25, -0.2) is 0 Å². The Labute approximate surface area is 94.8 Å². The molecule has 0 aliphatic rings. The summed E-state index contributed by atoms with van der Waals surface area (Å²) in [5.74, 6) is -1.59. The number of Topliss-reactive ketones (excluding diaryl/α,β-unsaturated/α-hetero) is 1. The Kier molecular flexibility index (Phi) is 5.02. The zero-order valence-corrected chi connectivity index (χ0v) is 9.50. The van der Waals surface area contributed by atoms with Crippen molar-refractivity contribution < 1.29 is 14.4 Å². The minimum absolute atomic E-state index is 0.0629. The van der Waals surface area contributed by atoms with Gasteiger partial charge in [-0.1, -0.05) is 19.7 Å². The van der Waals surface area contributed by atoms with Gasteiger partial charge >= 0.3 is 0 Å². The monoisotopic (exact) mass is 218 g/mol. The molecule has 0 aliphatic carbocycles. The van der Waals surface area contributed by atoms with Gasteiger partial charge in [0, 0.05) is 5.57 Å². The highest BCUT2D eigenvalue weighted by atomic mass is 16.2. The van der Waals surface area contributed by atoms with Gasteiger partial charge in [0.15, 0.2) is 17.3 Å². The van der Waals surface area contributed by atoms with Crippen molar-refractivity contribution in [3.05, 3.63) is 48.6 Å². The van der Waals surface area contributed by atoms with E-state index in [2.05, 4.69) is 19.7 Å². The van der Waals surface area contributed by atoms with Crippen LogP contribution >= 0.6 is 0 Å². The SMILES string of the molecule is C=CC(=O)C(C)=C(C(=O)C=C)C(=O)C(=C)C. The molecule has 0 bridgehead atoms. The first-order valence-electron chi connectivity index (χ1n) is 4.61. The smallest absolute Gasteiger partial charge is 0.192 e. The van der Waals surface area contributed by atoms with Gasteiger partial charge in [0.1, 0.15) is 0 Å². The van der Waals surface area contributed by atoms with Crippen LogP contribution in [-0.4, -0.2) is 17.3 Å². The fraction of sp³-hybridized carbons (Fsp3) is 0.154. The van der Waals surface area contributed by atoms with Crippen molar-refractivity contribution in [2.75, 3.05) is 0 Å². The van der Waals surface area contributed by atoms with Gasteiger partial charge in [-0.2, -0.15) is 0 Å². The molecule has 0 radical (unpaired) electrons.